The van der Waals surface area contributed by atoms with Crippen molar-refractivity contribution in [3.05, 3.63) is 37.8 Å². The van der Waals surface area contributed by atoms with E-state index in [2.05, 4.69) is 15.9 Å². The van der Waals surface area contributed by atoms with Gasteiger partial charge in [0.15, 0.2) is 0 Å². The fourth-order valence-corrected chi connectivity index (χ4v) is 1.40. The zero-order chi connectivity index (χ0) is 10.0. The van der Waals surface area contributed by atoms with Crippen LogP contribution in [-0.4, -0.2) is 11.1 Å². The molecule has 0 atom stereocenters. The van der Waals surface area contributed by atoms with Crippen molar-refractivity contribution in [2.24, 2.45) is 0 Å². The summed E-state index contributed by atoms with van der Waals surface area (Å²) in [5, 5.41) is 17.5. The largest absolute Gasteiger partial charge is 0.308 e. The van der Waals surface area contributed by atoms with Gasteiger partial charge in [-0.3, -0.25) is 10.1 Å². The van der Waals surface area contributed by atoms with E-state index in [9.17, 15) is 10.1 Å². The molecular formula is C8H7BrN2O2. The number of rotatable bonds is 2. The summed E-state index contributed by atoms with van der Waals surface area (Å²) in [5.74, 6) is 0. The first-order valence-corrected chi connectivity index (χ1v) is 4.30. The van der Waals surface area contributed by atoms with Crippen molar-refractivity contribution in [2.75, 3.05) is 0 Å². The molecule has 5 heteroatoms. The molecule has 4 nitrogen and oxygen atoms in total. The lowest BCUT2D eigenvalue weighted by Gasteiger charge is -2.01. The van der Waals surface area contributed by atoms with E-state index in [0.29, 0.717) is 10.0 Å². The van der Waals surface area contributed by atoms with Gasteiger partial charge in [0.25, 0.3) is 5.69 Å². The van der Waals surface area contributed by atoms with E-state index in [4.69, 9.17) is 5.41 Å². The predicted octanol–water partition coefficient (Wildman–Crippen LogP) is 2.66. The Hall–Kier alpha value is -1.23. The molecule has 1 aromatic carbocycles. The van der Waals surface area contributed by atoms with E-state index in [1.165, 1.54) is 12.1 Å². The normalized spacial score (nSPS) is 9.69. The second-order valence-electron chi connectivity index (χ2n) is 2.54. The van der Waals surface area contributed by atoms with Crippen LogP contribution >= 0.6 is 15.9 Å². The third kappa shape index (κ3) is 1.92. The summed E-state index contributed by atoms with van der Waals surface area (Å²) in [6.07, 6.45) is 1.10. The van der Waals surface area contributed by atoms with Gasteiger partial charge in [0.1, 0.15) is 0 Å². The molecule has 0 aliphatic carbocycles. The molecule has 0 bridgehead atoms. The molecule has 0 amide bonds. The standard InChI is InChI=1S/C8H7BrN2O2/c1-5-6(4-10)2-7(11(12)13)3-8(5)9/h2-4,10H,1H3. The molecule has 1 rings (SSSR count). The molecule has 0 heterocycles. The van der Waals surface area contributed by atoms with Crippen LogP contribution in [0, 0.1) is 22.4 Å². The van der Waals surface area contributed by atoms with Crippen LogP contribution < -0.4 is 0 Å². The summed E-state index contributed by atoms with van der Waals surface area (Å²) in [5.41, 5.74) is 1.39. The minimum Gasteiger partial charge on any atom is -0.308 e. The number of hydrogen-bond acceptors (Lipinski definition) is 3. The molecule has 13 heavy (non-hydrogen) atoms. The lowest BCUT2D eigenvalue weighted by Crippen LogP contribution is -1.93. The van der Waals surface area contributed by atoms with Gasteiger partial charge in [0.05, 0.1) is 4.92 Å². The van der Waals surface area contributed by atoms with Gasteiger partial charge < -0.3 is 5.41 Å². The third-order valence-electron chi connectivity index (χ3n) is 1.74. The van der Waals surface area contributed by atoms with Crippen LogP contribution in [0.1, 0.15) is 11.1 Å². The predicted molar refractivity (Wildman–Crippen MR) is 53.4 cm³/mol. The number of halogens is 1. The number of nitro benzene ring substituents is 1. The van der Waals surface area contributed by atoms with Crippen molar-refractivity contribution >= 4 is 27.8 Å². The quantitative estimate of drug-likeness (QED) is 0.492. The Morgan fingerprint density at radius 3 is 2.69 bits per heavy atom. The first kappa shape index (κ1) is 9.85. The monoisotopic (exact) mass is 242 g/mol. The van der Waals surface area contributed by atoms with Crippen LogP contribution in [0.5, 0.6) is 0 Å². The molecule has 0 fully saturated rings. The fourth-order valence-electron chi connectivity index (χ4n) is 0.941. The number of nitro groups is 1. The van der Waals surface area contributed by atoms with E-state index in [-0.39, 0.29) is 5.69 Å². The van der Waals surface area contributed by atoms with Crippen LogP contribution in [0.3, 0.4) is 0 Å². The summed E-state index contributed by atoms with van der Waals surface area (Å²) >= 11 is 3.20. The average molecular weight is 243 g/mol. The van der Waals surface area contributed by atoms with Crippen molar-refractivity contribution in [2.45, 2.75) is 6.92 Å². The van der Waals surface area contributed by atoms with Crippen molar-refractivity contribution in [3.8, 4) is 0 Å². The highest BCUT2D eigenvalue weighted by Gasteiger charge is 2.10. The van der Waals surface area contributed by atoms with Crippen molar-refractivity contribution in [3.63, 3.8) is 0 Å². The van der Waals surface area contributed by atoms with Gasteiger partial charge >= 0.3 is 0 Å². The van der Waals surface area contributed by atoms with Gasteiger partial charge in [-0.15, -0.1) is 0 Å². The van der Waals surface area contributed by atoms with Crippen LogP contribution in [-0.2, 0) is 0 Å². The van der Waals surface area contributed by atoms with E-state index in [1.54, 1.807) is 6.92 Å². The SMILES string of the molecule is Cc1c(Br)cc([N+](=O)[O-])cc1C=N. The number of nitrogens with zero attached hydrogens (tertiary/aromatic N) is 1. The lowest BCUT2D eigenvalue weighted by atomic mass is 10.1. The second kappa shape index (κ2) is 3.66. The maximum atomic E-state index is 10.4. The average Bonchev–Trinajstić information content (AvgIpc) is 2.09. The first-order valence-electron chi connectivity index (χ1n) is 3.51. The van der Waals surface area contributed by atoms with Gasteiger partial charge in [-0.2, -0.15) is 0 Å². The summed E-state index contributed by atoms with van der Waals surface area (Å²) < 4.78 is 0.653. The Kier molecular flexibility index (Phi) is 2.77. The molecule has 0 unspecified atom stereocenters. The molecule has 0 aliphatic rings. The Labute approximate surface area is 83.4 Å². The maximum Gasteiger partial charge on any atom is 0.271 e. The zero-order valence-electron chi connectivity index (χ0n) is 6.87. The Balaban J connectivity index is 3.38. The fraction of sp³-hybridized carbons (Fsp3) is 0.125. The number of benzene rings is 1. The lowest BCUT2D eigenvalue weighted by molar-refractivity contribution is -0.384. The summed E-state index contributed by atoms with van der Waals surface area (Å²) in [6.45, 7) is 1.80. The Bertz CT molecular complexity index is 377. The van der Waals surface area contributed by atoms with Crippen LogP contribution in [0.25, 0.3) is 0 Å². The van der Waals surface area contributed by atoms with Crippen LogP contribution in [0.15, 0.2) is 16.6 Å². The van der Waals surface area contributed by atoms with Crippen LogP contribution in [0.4, 0.5) is 5.69 Å². The zero-order valence-corrected chi connectivity index (χ0v) is 8.46. The smallest absolute Gasteiger partial charge is 0.271 e. The van der Waals surface area contributed by atoms with Gasteiger partial charge in [0, 0.05) is 28.4 Å². The van der Waals surface area contributed by atoms with Gasteiger partial charge in [-0.1, -0.05) is 15.9 Å². The summed E-state index contributed by atoms with van der Waals surface area (Å²) in [6, 6.07) is 2.81. The van der Waals surface area contributed by atoms with Gasteiger partial charge in [-0.25, -0.2) is 0 Å². The van der Waals surface area contributed by atoms with Crippen molar-refractivity contribution in [1.29, 1.82) is 5.41 Å². The van der Waals surface area contributed by atoms with Gasteiger partial charge in [-0.05, 0) is 12.5 Å². The molecule has 0 aliphatic heterocycles. The molecular weight excluding hydrogens is 236 g/mol. The molecule has 0 spiro atoms. The van der Waals surface area contributed by atoms with Crippen molar-refractivity contribution < 1.29 is 4.92 Å². The second-order valence-corrected chi connectivity index (χ2v) is 3.40. The van der Waals surface area contributed by atoms with Crippen molar-refractivity contribution in [1.82, 2.24) is 0 Å². The highest BCUT2D eigenvalue weighted by atomic mass is 79.9. The highest BCUT2D eigenvalue weighted by molar-refractivity contribution is 9.10. The Morgan fingerprint density at radius 2 is 2.23 bits per heavy atom. The molecule has 0 saturated carbocycles. The minimum absolute atomic E-state index is 0.00373. The number of hydrogen-bond donors (Lipinski definition) is 1. The number of non-ortho nitro benzene ring substituents is 1. The van der Waals surface area contributed by atoms with Crippen LogP contribution in [0.2, 0.25) is 0 Å². The first-order chi connectivity index (χ1) is 6.06. The highest BCUT2D eigenvalue weighted by Crippen LogP contribution is 2.25. The molecule has 68 valence electrons. The molecule has 0 aromatic heterocycles. The molecule has 1 N–H and O–H groups in total. The van der Waals surface area contributed by atoms with E-state index >= 15 is 0 Å². The van der Waals surface area contributed by atoms with E-state index < -0.39 is 4.92 Å². The Morgan fingerprint density at radius 1 is 1.62 bits per heavy atom. The minimum atomic E-state index is -0.475. The maximum absolute atomic E-state index is 10.4. The summed E-state index contributed by atoms with van der Waals surface area (Å²) in [7, 11) is 0. The van der Waals surface area contributed by atoms with Gasteiger partial charge in [0.2, 0.25) is 0 Å². The summed E-state index contributed by atoms with van der Waals surface area (Å²) in [4.78, 5) is 9.97. The van der Waals surface area contributed by atoms with E-state index in [1.807, 2.05) is 0 Å². The molecule has 0 saturated heterocycles. The van der Waals surface area contributed by atoms with E-state index in [0.717, 1.165) is 11.8 Å². The molecule has 1 aromatic rings. The molecule has 0 radical (unpaired) electrons. The topological polar surface area (TPSA) is 67.0 Å². The third-order valence-corrected chi connectivity index (χ3v) is 2.56. The number of nitrogens with one attached hydrogen (secondary N) is 1.